The first-order valence-electron chi connectivity index (χ1n) is 6.72. The summed E-state index contributed by atoms with van der Waals surface area (Å²) in [5.74, 6) is 0. The summed E-state index contributed by atoms with van der Waals surface area (Å²) in [4.78, 5) is 4.15. The Balaban J connectivity index is 1.72. The number of aromatic nitrogens is 1. The van der Waals surface area contributed by atoms with Crippen molar-refractivity contribution in [2.45, 2.75) is 51.4 Å². The molecule has 1 aromatic heterocycles. The van der Waals surface area contributed by atoms with E-state index in [9.17, 15) is 0 Å². The van der Waals surface area contributed by atoms with E-state index in [2.05, 4.69) is 39.2 Å². The Morgan fingerprint density at radius 1 is 1.33 bits per heavy atom. The maximum Gasteiger partial charge on any atom is 0.0735 e. The molecule has 0 aromatic carbocycles. The van der Waals surface area contributed by atoms with Gasteiger partial charge >= 0.3 is 0 Å². The van der Waals surface area contributed by atoms with Gasteiger partial charge in [-0.15, -0.1) is 0 Å². The van der Waals surface area contributed by atoms with E-state index in [0.29, 0.717) is 18.8 Å². The Labute approximate surface area is 117 Å². The SMILES string of the molecule is CCNC1CCC(OCc2cncc(Br)c2)CC1. The molecule has 1 N–H and O–H groups in total. The number of ether oxygens (including phenoxy) is 1. The fourth-order valence-electron chi connectivity index (χ4n) is 2.47. The van der Waals surface area contributed by atoms with Gasteiger partial charge in [0, 0.05) is 22.9 Å². The van der Waals surface area contributed by atoms with Crippen LogP contribution in [-0.2, 0) is 11.3 Å². The lowest BCUT2D eigenvalue weighted by molar-refractivity contribution is 0.0113. The molecule has 1 aliphatic rings. The summed E-state index contributed by atoms with van der Waals surface area (Å²) in [7, 11) is 0. The normalized spacial score (nSPS) is 24.1. The lowest BCUT2D eigenvalue weighted by Gasteiger charge is -2.29. The van der Waals surface area contributed by atoms with E-state index in [4.69, 9.17) is 4.74 Å². The molecule has 1 heterocycles. The van der Waals surface area contributed by atoms with Crippen LogP contribution in [0.3, 0.4) is 0 Å². The predicted molar refractivity (Wildman–Crippen MR) is 76.4 cm³/mol. The molecule has 0 radical (unpaired) electrons. The van der Waals surface area contributed by atoms with Gasteiger partial charge in [-0.05, 0) is 59.8 Å². The minimum Gasteiger partial charge on any atom is -0.373 e. The van der Waals surface area contributed by atoms with Gasteiger partial charge in [0.05, 0.1) is 12.7 Å². The van der Waals surface area contributed by atoms with Crippen LogP contribution in [0.15, 0.2) is 22.9 Å². The quantitative estimate of drug-likeness (QED) is 0.906. The third-order valence-corrected chi connectivity index (χ3v) is 3.85. The van der Waals surface area contributed by atoms with Gasteiger partial charge in [0.1, 0.15) is 0 Å². The monoisotopic (exact) mass is 312 g/mol. The minimum atomic E-state index is 0.416. The zero-order valence-electron chi connectivity index (χ0n) is 10.9. The molecule has 1 aliphatic carbocycles. The third kappa shape index (κ3) is 4.34. The van der Waals surface area contributed by atoms with Crippen molar-refractivity contribution in [3.05, 3.63) is 28.5 Å². The Morgan fingerprint density at radius 3 is 2.78 bits per heavy atom. The topological polar surface area (TPSA) is 34.1 Å². The molecule has 2 rings (SSSR count). The molecule has 1 fully saturated rings. The number of pyridine rings is 1. The molecule has 0 atom stereocenters. The highest BCUT2D eigenvalue weighted by Crippen LogP contribution is 2.22. The van der Waals surface area contributed by atoms with Crippen molar-refractivity contribution >= 4 is 15.9 Å². The van der Waals surface area contributed by atoms with Crippen molar-refractivity contribution in [2.75, 3.05) is 6.54 Å². The van der Waals surface area contributed by atoms with Crippen LogP contribution in [0.25, 0.3) is 0 Å². The summed E-state index contributed by atoms with van der Waals surface area (Å²) in [6, 6.07) is 2.76. The van der Waals surface area contributed by atoms with E-state index in [0.717, 1.165) is 16.6 Å². The second-order valence-corrected chi connectivity index (χ2v) is 5.77. The molecule has 0 aliphatic heterocycles. The van der Waals surface area contributed by atoms with Gasteiger partial charge in [-0.2, -0.15) is 0 Å². The molecule has 4 heteroatoms. The first kappa shape index (κ1) is 14.0. The summed E-state index contributed by atoms with van der Waals surface area (Å²) in [5.41, 5.74) is 1.14. The molecule has 0 bridgehead atoms. The standard InChI is InChI=1S/C14H21BrN2O/c1-2-17-13-3-5-14(6-4-13)18-10-11-7-12(15)9-16-8-11/h7-9,13-14,17H,2-6,10H2,1H3. The van der Waals surface area contributed by atoms with Crippen molar-refractivity contribution in [1.29, 1.82) is 0 Å². The minimum absolute atomic E-state index is 0.416. The van der Waals surface area contributed by atoms with E-state index in [1.165, 1.54) is 25.7 Å². The van der Waals surface area contributed by atoms with Gasteiger partial charge in [-0.1, -0.05) is 6.92 Å². The highest BCUT2D eigenvalue weighted by atomic mass is 79.9. The molecule has 18 heavy (non-hydrogen) atoms. The molecule has 0 amide bonds. The fraction of sp³-hybridized carbons (Fsp3) is 0.643. The van der Waals surface area contributed by atoms with Crippen LogP contribution in [-0.4, -0.2) is 23.7 Å². The van der Waals surface area contributed by atoms with Crippen molar-refractivity contribution in [3.63, 3.8) is 0 Å². The van der Waals surface area contributed by atoms with Crippen LogP contribution in [0.4, 0.5) is 0 Å². The lowest BCUT2D eigenvalue weighted by atomic mass is 9.93. The highest BCUT2D eigenvalue weighted by molar-refractivity contribution is 9.10. The summed E-state index contributed by atoms with van der Waals surface area (Å²) in [6.45, 7) is 3.91. The van der Waals surface area contributed by atoms with E-state index in [1.54, 1.807) is 6.20 Å². The van der Waals surface area contributed by atoms with Crippen LogP contribution in [0, 0.1) is 0 Å². The van der Waals surface area contributed by atoms with Crippen LogP contribution in [0.1, 0.15) is 38.2 Å². The van der Waals surface area contributed by atoms with Crippen molar-refractivity contribution in [1.82, 2.24) is 10.3 Å². The van der Waals surface area contributed by atoms with Gasteiger partial charge in [0.25, 0.3) is 0 Å². The zero-order valence-corrected chi connectivity index (χ0v) is 12.4. The molecule has 0 unspecified atom stereocenters. The second-order valence-electron chi connectivity index (χ2n) is 4.85. The molecular formula is C14H21BrN2O. The second kappa shape index (κ2) is 7.22. The van der Waals surface area contributed by atoms with Gasteiger partial charge in [-0.25, -0.2) is 0 Å². The van der Waals surface area contributed by atoms with Crippen LogP contribution >= 0.6 is 15.9 Å². The molecular weight excluding hydrogens is 292 g/mol. The summed E-state index contributed by atoms with van der Waals surface area (Å²) < 4.78 is 6.98. The average molecular weight is 313 g/mol. The molecule has 0 saturated heterocycles. The summed E-state index contributed by atoms with van der Waals surface area (Å²) in [6.07, 6.45) is 8.88. The van der Waals surface area contributed by atoms with E-state index >= 15 is 0 Å². The number of hydrogen-bond acceptors (Lipinski definition) is 3. The van der Waals surface area contributed by atoms with Crippen LogP contribution in [0.2, 0.25) is 0 Å². The maximum absolute atomic E-state index is 5.96. The predicted octanol–water partition coefficient (Wildman–Crippen LogP) is 3.28. The average Bonchev–Trinajstić information content (AvgIpc) is 2.38. The number of hydrogen-bond donors (Lipinski definition) is 1. The van der Waals surface area contributed by atoms with E-state index < -0.39 is 0 Å². The van der Waals surface area contributed by atoms with Crippen LogP contribution < -0.4 is 5.32 Å². The number of rotatable bonds is 5. The van der Waals surface area contributed by atoms with Gasteiger partial charge in [0.15, 0.2) is 0 Å². The molecule has 1 aromatic rings. The Kier molecular flexibility index (Phi) is 5.60. The number of nitrogens with zero attached hydrogens (tertiary/aromatic N) is 1. The Hall–Kier alpha value is -0.450. The first-order valence-corrected chi connectivity index (χ1v) is 7.51. The van der Waals surface area contributed by atoms with Gasteiger partial charge < -0.3 is 10.1 Å². The van der Waals surface area contributed by atoms with E-state index in [-0.39, 0.29) is 0 Å². The Morgan fingerprint density at radius 2 is 2.11 bits per heavy atom. The van der Waals surface area contributed by atoms with Crippen molar-refractivity contribution in [3.8, 4) is 0 Å². The smallest absolute Gasteiger partial charge is 0.0735 e. The summed E-state index contributed by atoms with van der Waals surface area (Å²) >= 11 is 3.43. The number of nitrogens with one attached hydrogen (secondary N) is 1. The van der Waals surface area contributed by atoms with Gasteiger partial charge in [0.2, 0.25) is 0 Å². The van der Waals surface area contributed by atoms with Crippen LogP contribution in [0.5, 0.6) is 0 Å². The molecule has 0 spiro atoms. The van der Waals surface area contributed by atoms with E-state index in [1.807, 2.05) is 6.20 Å². The maximum atomic E-state index is 5.96. The Bertz CT molecular complexity index is 365. The lowest BCUT2D eigenvalue weighted by Crippen LogP contribution is -2.35. The van der Waals surface area contributed by atoms with Crippen molar-refractivity contribution < 1.29 is 4.74 Å². The first-order chi connectivity index (χ1) is 8.78. The zero-order chi connectivity index (χ0) is 12.8. The molecule has 100 valence electrons. The van der Waals surface area contributed by atoms with Gasteiger partial charge in [-0.3, -0.25) is 4.98 Å². The highest BCUT2D eigenvalue weighted by Gasteiger charge is 2.20. The molecule has 1 saturated carbocycles. The third-order valence-electron chi connectivity index (χ3n) is 3.41. The largest absolute Gasteiger partial charge is 0.373 e. The number of halogens is 1. The van der Waals surface area contributed by atoms with Crippen molar-refractivity contribution in [2.24, 2.45) is 0 Å². The fourth-order valence-corrected chi connectivity index (χ4v) is 2.88. The molecule has 3 nitrogen and oxygen atoms in total. The summed E-state index contributed by atoms with van der Waals surface area (Å²) in [5, 5.41) is 3.51.